The molecular weight excluding hydrogens is 290 g/mol. The van der Waals surface area contributed by atoms with E-state index in [0.717, 1.165) is 18.7 Å². The minimum absolute atomic E-state index is 0.146. The lowest BCUT2D eigenvalue weighted by Gasteiger charge is -2.22. The van der Waals surface area contributed by atoms with Crippen molar-refractivity contribution in [1.82, 2.24) is 5.32 Å². The van der Waals surface area contributed by atoms with E-state index in [1.165, 1.54) is 31.2 Å². The molecule has 23 heavy (non-hydrogen) atoms. The molecule has 4 heteroatoms. The highest BCUT2D eigenvalue weighted by Gasteiger charge is 2.25. The van der Waals surface area contributed by atoms with Gasteiger partial charge in [0.15, 0.2) is 0 Å². The van der Waals surface area contributed by atoms with Gasteiger partial charge >= 0.3 is 0 Å². The third kappa shape index (κ3) is 4.25. The molecule has 0 radical (unpaired) electrons. The number of hydrogen-bond acceptors (Lipinski definition) is 3. The molecular formula is C19H27NO3. The quantitative estimate of drug-likeness (QED) is 0.839. The fraction of sp³-hybridized carbons (Fsp3) is 0.632. The molecule has 4 nitrogen and oxygen atoms in total. The number of ether oxygens (including phenoxy) is 2. The van der Waals surface area contributed by atoms with E-state index >= 15 is 0 Å². The Morgan fingerprint density at radius 2 is 1.96 bits per heavy atom. The van der Waals surface area contributed by atoms with Gasteiger partial charge in [-0.05, 0) is 36.5 Å². The van der Waals surface area contributed by atoms with Crippen LogP contribution >= 0.6 is 0 Å². The average molecular weight is 317 g/mol. The molecule has 3 rings (SSSR count). The summed E-state index contributed by atoms with van der Waals surface area (Å²) < 4.78 is 11.5. The molecule has 0 spiro atoms. The van der Waals surface area contributed by atoms with Crippen LogP contribution in [0, 0.1) is 5.92 Å². The maximum atomic E-state index is 11.3. The van der Waals surface area contributed by atoms with Crippen molar-refractivity contribution in [3.63, 3.8) is 0 Å². The second kappa shape index (κ2) is 7.82. The van der Waals surface area contributed by atoms with Crippen LogP contribution in [0.5, 0.6) is 5.75 Å². The van der Waals surface area contributed by atoms with Crippen LogP contribution < -0.4 is 10.1 Å². The van der Waals surface area contributed by atoms with Crippen LogP contribution in [0.2, 0.25) is 0 Å². The van der Waals surface area contributed by atoms with Crippen molar-refractivity contribution in [2.24, 2.45) is 5.92 Å². The lowest BCUT2D eigenvalue weighted by atomic mass is 9.98. The number of methoxy groups -OCH3 is 1. The van der Waals surface area contributed by atoms with Crippen LogP contribution in [0.25, 0.3) is 0 Å². The van der Waals surface area contributed by atoms with Crippen molar-refractivity contribution in [3.8, 4) is 5.75 Å². The zero-order valence-electron chi connectivity index (χ0n) is 13.9. The molecule has 0 bridgehead atoms. The Balaban J connectivity index is 1.45. The maximum absolute atomic E-state index is 11.3. The van der Waals surface area contributed by atoms with Gasteiger partial charge in [0, 0.05) is 32.4 Å². The first kappa shape index (κ1) is 16.3. The van der Waals surface area contributed by atoms with Crippen molar-refractivity contribution in [2.75, 3.05) is 20.3 Å². The van der Waals surface area contributed by atoms with Crippen molar-refractivity contribution < 1.29 is 14.3 Å². The lowest BCUT2D eigenvalue weighted by molar-refractivity contribution is -0.119. The summed E-state index contributed by atoms with van der Waals surface area (Å²) in [5, 5.41) is 2.88. The summed E-state index contributed by atoms with van der Waals surface area (Å²) in [7, 11) is 1.81. The highest BCUT2D eigenvalue weighted by Crippen LogP contribution is 2.30. The zero-order valence-corrected chi connectivity index (χ0v) is 13.9. The van der Waals surface area contributed by atoms with Gasteiger partial charge in [0.1, 0.15) is 5.75 Å². The third-order valence-corrected chi connectivity index (χ3v) is 5.23. The molecule has 2 fully saturated rings. The lowest BCUT2D eigenvalue weighted by Crippen LogP contribution is -2.23. The van der Waals surface area contributed by atoms with Crippen LogP contribution in [-0.2, 0) is 9.53 Å². The van der Waals surface area contributed by atoms with Gasteiger partial charge < -0.3 is 14.8 Å². The number of rotatable bonds is 7. The number of nitrogens with one attached hydrogen (secondary N) is 1. The fourth-order valence-corrected chi connectivity index (χ4v) is 3.85. The number of carbonyl (C=O) groups excluding carboxylic acids is 1. The van der Waals surface area contributed by atoms with Gasteiger partial charge in [0.25, 0.3) is 0 Å². The number of benzene rings is 1. The normalized spacial score (nSPS) is 23.0. The van der Waals surface area contributed by atoms with Gasteiger partial charge in [-0.1, -0.05) is 25.0 Å². The molecule has 1 aromatic rings. The smallest absolute Gasteiger partial charge is 0.220 e. The van der Waals surface area contributed by atoms with Gasteiger partial charge in [-0.15, -0.1) is 0 Å². The highest BCUT2D eigenvalue weighted by molar-refractivity contribution is 5.79. The van der Waals surface area contributed by atoms with Crippen LogP contribution in [0.4, 0.5) is 0 Å². The van der Waals surface area contributed by atoms with E-state index in [9.17, 15) is 4.79 Å². The summed E-state index contributed by atoms with van der Waals surface area (Å²) in [5.74, 6) is 2.05. The number of carbonyl (C=O) groups is 1. The molecule has 1 saturated heterocycles. The summed E-state index contributed by atoms with van der Waals surface area (Å²) in [6.07, 6.45) is 7.13. The van der Waals surface area contributed by atoms with E-state index in [4.69, 9.17) is 9.47 Å². The van der Waals surface area contributed by atoms with Gasteiger partial charge in [-0.3, -0.25) is 4.79 Å². The molecule has 0 aromatic heterocycles. The Kier molecular flexibility index (Phi) is 5.55. The summed E-state index contributed by atoms with van der Waals surface area (Å²) in [6, 6.07) is 8.17. The van der Waals surface area contributed by atoms with E-state index in [2.05, 4.69) is 17.4 Å². The van der Waals surface area contributed by atoms with Crippen LogP contribution in [0.15, 0.2) is 24.3 Å². The largest absolute Gasteiger partial charge is 0.493 e. The van der Waals surface area contributed by atoms with E-state index < -0.39 is 0 Å². The van der Waals surface area contributed by atoms with E-state index in [1.807, 2.05) is 19.2 Å². The van der Waals surface area contributed by atoms with Gasteiger partial charge in [-0.25, -0.2) is 0 Å². The summed E-state index contributed by atoms with van der Waals surface area (Å²) in [4.78, 5) is 11.3. The Morgan fingerprint density at radius 1 is 1.22 bits per heavy atom. The number of amides is 1. The van der Waals surface area contributed by atoms with E-state index in [1.54, 1.807) is 0 Å². The molecule has 2 aliphatic rings. The van der Waals surface area contributed by atoms with E-state index in [0.29, 0.717) is 31.0 Å². The topological polar surface area (TPSA) is 47.6 Å². The molecule has 1 saturated carbocycles. The second-order valence-corrected chi connectivity index (χ2v) is 6.73. The molecule has 1 aromatic carbocycles. The fourth-order valence-electron chi connectivity index (χ4n) is 3.85. The van der Waals surface area contributed by atoms with Crippen molar-refractivity contribution in [1.29, 1.82) is 0 Å². The van der Waals surface area contributed by atoms with E-state index in [-0.39, 0.29) is 5.91 Å². The molecule has 1 aliphatic carbocycles. The molecule has 1 aliphatic heterocycles. The molecule has 1 heterocycles. The zero-order chi connectivity index (χ0) is 16.1. The predicted molar refractivity (Wildman–Crippen MR) is 89.7 cm³/mol. The van der Waals surface area contributed by atoms with Gasteiger partial charge in [0.05, 0.1) is 12.7 Å². The van der Waals surface area contributed by atoms with Crippen molar-refractivity contribution >= 4 is 5.91 Å². The SMILES string of the molecule is COC(CCOc1ccc(C2CNC(=O)C2)cc1)C1CCCC1. The van der Waals surface area contributed by atoms with Gasteiger partial charge in [0.2, 0.25) is 5.91 Å². The Bertz CT molecular complexity index is 508. The summed E-state index contributed by atoms with van der Waals surface area (Å²) in [6.45, 7) is 1.44. The van der Waals surface area contributed by atoms with Gasteiger partial charge in [-0.2, -0.15) is 0 Å². The second-order valence-electron chi connectivity index (χ2n) is 6.73. The highest BCUT2D eigenvalue weighted by atomic mass is 16.5. The van der Waals surface area contributed by atoms with Crippen molar-refractivity contribution in [2.45, 2.75) is 50.5 Å². The third-order valence-electron chi connectivity index (χ3n) is 5.23. The Morgan fingerprint density at radius 3 is 2.57 bits per heavy atom. The standard InChI is InChI=1S/C19H27NO3/c1-22-18(15-4-2-3-5-15)10-11-23-17-8-6-14(7-9-17)16-12-19(21)20-13-16/h6-9,15-16,18H,2-5,10-13H2,1H3,(H,20,21). The summed E-state index contributed by atoms with van der Waals surface area (Å²) >= 11 is 0. The first-order valence-corrected chi connectivity index (χ1v) is 8.78. The minimum atomic E-state index is 0.146. The molecule has 1 N–H and O–H groups in total. The molecule has 1 amide bonds. The first-order chi connectivity index (χ1) is 11.3. The molecule has 2 unspecified atom stereocenters. The number of hydrogen-bond donors (Lipinski definition) is 1. The maximum Gasteiger partial charge on any atom is 0.220 e. The summed E-state index contributed by atoms with van der Waals surface area (Å²) in [5.41, 5.74) is 1.21. The molecule has 2 atom stereocenters. The molecule has 126 valence electrons. The predicted octanol–water partition coefficient (Wildman–Crippen LogP) is 3.26. The van der Waals surface area contributed by atoms with Crippen LogP contribution in [-0.4, -0.2) is 32.3 Å². The minimum Gasteiger partial charge on any atom is -0.493 e. The first-order valence-electron chi connectivity index (χ1n) is 8.78. The Labute approximate surface area is 138 Å². The average Bonchev–Trinajstić information content (AvgIpc) is 3.24. The van der Waals surface area contributed by atoms with Crippen LogP contribution in [0.3, 0.4) is 0 Å². The van der Waals surface area contributed by atoms with Crippen molar-refractivity contribution in [3.05, 3.63) is 29.8 Å². The monoisotopic (exact) mass is 317 g/mol. The Hall–Kier alpha value is -1.55. The van der Waals surface area contributed by atoms with Crippen LogP contribution in [0.1, 0.15) is 50.0 Å².